The van der Waals surface area contributed by atoms with Crippen molar-refractivity contribution in [1.29, 1.82) is 0 Å². The van der Waals surface area contributed by atoms with Crippen LogP contribution in [0.4, 0.5) is 0 Å². The summed E-state index contributed by atoms with van der Waals surface area (Å²) in [6.07, 6.45) is 2.86. The van der Waals surface area contributed by atoms with E-state index in [1.807, 2.05) is 17.0 Å². The van der Waals surface area contributed by atoms with Gasteiger partial charge in [-0.3, -0.25) is 9.69 Å². The predicted molar refractivity (Wildman–Crippen MR) is 73.0 cm³/mol. The van der Waals surface area contributed by atoms with E-state index in [0.29, 0.717) is 12.5 Å². The van der Waals surface area contributed by atoms with Gasteiger partial charge in [-0.05, 0) is 43.0 Å². The molecule has 1 fully saturated rings. The van der Waals surface area contributed by atoms with Crippen molar-refractivity contribution in [3.63, 3.8) is 0 Å². The number of hydrogen-bond acceptors (Lipinski definition) is 3. The van der Waals surface area contributed by atoms with Gasteiger partial charge >= 0.3 is 5.97 Å². The average molecular weight is 263 g/mol. The van der Waals surface area contributed by atoms with Crippen molar-refractivity contribution >= 4 is 5.97 Å². The molecule has 1 heterocycles. The van der Waals surface area contributed by atoms with E-state index in [1.165, 1.54) is 0 Å². The van der Waals surface area contributed by atoms with Gasteiger partial charge < -0.3 is 10.2 Å². The molecule has 0 amide bonds. The van der Waals surface area contributed by atoms with E-state index in [4.69, 9.17) is 0 Å². The maximum absolute atomic E-state index is 11.4. The zero-order valence-corrected chi connectivity index (χ0v) is 11.2. The Bertz CT molecular complexity index is 430. The fourth-order valence-electron chi connectivity index (χ4n) is 2.74. The summed E-state index contributed by atoms with van der Waals surface area (Å²) in [6, 6.07) is 6.60. The molecule has 0 spiro atoms. The Morgan fingerprint density at radius 2 is 2.05 bits per heavy atom. The molecule has 104 valence electrons. The first kappa shape index (κ1) is 13.9. The molecular formula is C15H21NO3. The van der Waals surface area contributed by atoms with Crippen LogP contribution in [-0.2, 0) is 11.3 Å². The van der Waals surface area contributed by atoms with Gasteiger partial charge in [0, 0.05) is 6.54 Å². The first-order chi connectivity index (χ1) is 9.10. The molecule has 4 heteroatoms. The van der Waals surface area contributed by atoms with Crippen molar-refractivity contribution in [2.45, 2.75) is 38.8 Å². The highest BCUT2D eigenvalue weighted by atomic mass is 16.4. The molecule has 0 bridgehead atoms. The molecule has 1 aromatic carbocycles. The molecule has 0 aromatic heterocycles. The second kappa shape index (κ2) is 6.06. The van der Waals surface area contributed by atoms with Crippen LogP contribution < -0.4 is 0 Å². The molecular weight excluding hydrogens is 242 g/mol. The minimum atomic E-state index is -0.725. The van der Waals surface area contributed by atoms with Crippen LogP contribution in [-0.4, -0.2) is 33.7 Å². The number of aliphatic carboxylic acids is 1. The van der Waals surface area contributed by atoms with Gasteiger partial charge in [0.1, 0.15) is 11.8 Å². The van der Waals surface area contributed by atoms with Crippen molar-refractivity contribution in [3.8, 4) is 5.75 Å². The molecule has 0 radical (unpaired) electrons. The minimum absolute atomic E-state index is 0.239. The largest absolute Gasteiger partial charge is 0.508 e. The van der Waals surface area contributed by atoms with Crippen LogP contribution in [0.15, 0.2) is 24.3 Å². The number of carbonyl (C=O) groups is 1. The summed E-state index contributed by atoms with van der Waals surface area (Å²) in [4.78, 5) is 13.4. The monoisotopic (exact) mass is 263 g/mol. The lowest BCUT2D eigenvalue weighted by molar-refractivity contribution is -0.145. The van der Waals surface area contributed by atoms with Crippen molar-refractivity contribution in [1.82, 2.24) is 4.90 Å². The Morgan fingerprint density at radius 3 is 2.63 bits per heavy atom. The summed E-state index contributed by atoms with van der Waals surface area (Å²) in [5.41, 5.74) is 1.04. The molecule has 2 rings (SSSR count). The van der Waals surface area contributed by atoms with Gasteiger partial charge in [-0.2, -0.15) is 0 Å². The molecule has 0 aliphatic carbocycles. The summed E-state index contributed by atoms with van der Waals surface area (Å²) in [7, 11) is 0. The molecule has 1 aromatic rings. The van der Waals surface area contributed by atoms with Crippen LogP contribution >= 0.6 is 0 Å². The number of nitrogens with zero attached hydrogens (tertiary/aromatic N) is 1. The molecule has 19 heavy (non-hydrogen) atoms. The quantitative estimate of drug-likeness (QED) is 0.876. The van der Waals surface area contributed by atoms with E-state index < -0.39 is 5.97 Å². The fourth-order valence-corrected chi connectivity index (χ4v) is 2.74. The van der Waals surface area contributed by atoms with E-state index >= 15 is 0 Å². The van der Waals surface area contributed by atoms with E-state index in [2.05, 4.69) is 6.92 Å². The molecule has 1 aliphatic rings. The molecule has 2 atom stereocenters. The van der Waals surface area contributed by atoms with Crippen LogP contribution in [0.1, 0.15) is 31.7 Å². The number of carboxylic acid groups (broad SMARTS) is 1. The molecule has 2 unspecified atom stereocenters. The topological polar surface area (TPSA) is 60.8 Å². The van der Waals surface area contributed by atoms with Gasteiger partial charge in [0.15, 0.2) is 0 Å². The molecule has 0 saturated carbocycles. The Kier molecular flexibility index (Phi) is 4.43. The molecule has 4 nitrogen and oxygen atoms in total. The third-order valence-corrected chi connectivity index (χ3v) is 4.01. The molecule has 1 saturated heterocycles. The van der Waals surface area contributed by atoms with Gasteiger partial charge in [0.25, 0.3) is 0 Å². The number of carboxylic acids is 1. The third kappa shape index (κ3) is 3.47. The SMILES string of the molecule is CCC1CCN(Cc2ccc(O)cc2)C(C(=O)O)C1. The Balaban J connectivity index is 2.05. The summed E-state index contributed by atoms with van der Waals surface area (Å²) < 4.78 is 0. The van der Waals surface area contributed by atoms with Crippen molar-refractivity contribution in [3.05, 3.63) is 29.8 Å². The lowest BCUT2D eigenvalue weighted by Crippen LogP contribution is -2.46. The van der Waals surface area contributed by atoms with E-state index in [1.54, 1.807) is 12.1 Å². The zero-order chi connectivity index (χ0) is 13.8. The molecule has 1 aliphatic heterocycles. The van der Waals surface area contributed by atoms with Gasteiger partial charge in [-0.1, -0.05) is 25.5 Å². The summed E-state index contributed by atoms with van der Waals surface area (Å²) in [5.74, 6) is 0.0392. The van der Waals surface area contributed by atoms with Crippen LogP contribution in [0, 0.1) is 5.92 Å². The van der Waals surface area contributed by atoms with Crippen molar-refractivity contribution in [2.75, 3.05) is 6.54 Å². The maximum Gasteiger partial charge on any atom is 0.320 e. The van der Waals surface area contributed by atoms with Gasteiger partial charge in [0.2, 0.25) is 0 Å². The highest BCUT2D eigenvalue weighted by Gasteiger charge is 2.32. The standard InChI is InChI=1S/C15H21NO3/c1-2-11-7-8-16(14(9-11)15(18)19)10-12-3-5-13(17)6-4-12/h3-6,11,14,17H,2,7-10H2,1H3,(H,18,19). The number of benzene rings is 1. The predicted octanol–water partition coefficient (Wildman–Crippen LogP) is 2.47. The number of phenolic OH excluding ortho intramolecular Hbond substituents is 1. The van der Waals surface area contributed by atoms with Gasteiger partial charge in [-0.15, -0.1) is 0 Å². The lowest BCUT2D eigenvalue weighted by Gasteiger charge is -2.36. The fraction of sp³-hybridized carbons (Fsp3) is 0.533. The lowest BCUT2D eigenvalue weighted by atomic mass is 9.88. The summed E-state index contributed by atoms with van der Waals surface area (Å²) >= 11 is 0. The van der Waals surface area contributed by atoms with E-state index in [0.717, 1.165) is 31.4 Å². The normalized spacial score (nSPS) is 24.3. The van der Waals surface area contributed by atoms with Gasteiger partial charge in [-0.25, -0.2) is 0 Å². The van der Waals surface area contributed by atoms with Crippen LogP contribution in [0.3, 0.4) is 0 Å². The van der Waals surface area contributed by atoms with E-state index in [-0.39, 0.29) is 11.8 Å². The first-order valence-corrected chi connectivity index (χ1v) is 6.85. The number of phenols is 1. The smallest absolute Gasteiger partial charge is 0.320 e. The maximum atomic E-state index is 11.4. The number of aromatic hydroxyl groups is 1. The Morgan fingerprint density at radius 1 is 1.37 bits per heavy atom. The number of likely N-dealkylation sites (tertiary alicyclic amines) is 1. The number of hydrogen-bond donors (Lipinski definition) is 2. The van der Waals surface area contributed by atoms with E-state index in [9.17, 15) is 15.0 Å². The Hall–Kier alpha value is -1.55. The number of rotatable bonds is 4. The number of piperidine rings is 1. The van der Waals surface area contributed by atoms with Crippen molar-refractivity contribution < 1.29 is 15.0 Å². The van der Waals surface area contributed by atoms with Crippen molar-refractivity contribution in [2.24, 2.45) is 5.92 Å². The molecule has 2 N–H and O–H groups in total. The van der Waals surface area contributed by atoms with Crippen LogP contribution in [0.2, 0.25) is 0 Å². The van der Waals surface area contributed by atoms with Crippen LogP contribution in [0.5, 0.6) is 5.75 Å². The van der Waals surface area contributed by atoms with Crippen LogP contribution in [0.25, 0.3) is 0 Å². The Labute approximate surface area is 113 Å². The summed E-state index contributed by atoms with van der Waals surface area (Å²) in [5, 5.41) is 18.6. The second-order valence-corrected chi connectivity index (χ2v) is 5.29. The highest BCUT2D eigenvalue weighted by Crippen LogP contribution is 2.27. The second-order valence-electron chi connectivity index (χ2n) is 5.29. The highest BCUT2D eigenvalue weighted by molar-refractivity contribution is 5.73. The zero-order valence-electron chi connectivity index (χ0n) is 11.2. The third-order valence-electron chi connectivity index (χ3n) is 4.01. The minimum Gasteiger partial charge on any atom is -0.508 e. The van der Waals surface area contributed by atoms with Gasteiger partial charge in [0.05, 0.1) is 0 Å². The first-order valence-electron chi connectivity index (χ1n) is 6.85. The summed E-state index contributed by atoms with van der Waals surface area (Å²) in [6.45, 7) is 3.59. The average Bonchev–Trinajstić information content (AvgIpc) is 2.41.